The third-order valence-corrected chi connectivity index (χ3v) is 3.61. The molecule has 0 heterocycles. The first-order valence-electron chi connectivity index (χ1n) is 4.40. The lowest BCUT2D eigenvalue weighted by atomic mass is 10.1. The molecule has 0 aliphatic carbocycles. The molecule has 1 N–H and O–H groups in total. The maximum atomic E-state index is 11.3. The van der Waals surface area contributed by atoms with Crippen molar-refractivity contribution in [1.82, 2.24) is 0 Å². The zero-order valence-corrected chi connectivity index (χ0v) is 9.35. The van der Waals surface area contributed by atoms with E-state index in [0.717, 1.165) is 6.26 Å². The Labute approximate surface area is 92.6 Å². The third-order valence-electron chi connectivity index (χ3n) is 2.16. The first-order chi connectivity index (χ1) is 7.36. The van der Waals surface area contributed by atoms with E-state index in [1.165, 1.54) is 24.3 Å². The Kier molecular flexibility index (Phi) is 3.61. The lowest BCUT2D eigenvalue weighted by molar-refractivity contribution is -0.384. The molecule has 0 saturated heterocycles. The Morgan fingerprint density at radius 2 is 1.88 bits per heavy atom. The minimum absolute atomic E-state index is 0.117. The molecule has 0 radical (unpaired) electrons. The second-order valence-electron chi connectivity index (χ2n) is 3.35. The summed E-state index contributed by atoms with van der Waals surface area (Å²) in [5.74, 6) is 0. The fraction of sp³-hybridized carbons (Fsp3) is 0.333. The van der Waals surface area contributed by atoms with Crippen LogP contribution in [0, 0.1) is 10.1 Å². The average molecular weight is 245 g/mol. The maximum absolute atomic E-state index is 11.3. The number of rotatable bonds is 4. The number of nitrogens with zero attached hydrogens (tertiary/aromatic N) is 1. The molecule has 1 rings (SSSR count). The van der Waals surface area contributed by atoms with Crippen LogP contribution in [0.25, 0.3) is 0 Å². The number of nitro groups is 1. The molecule has 88 valence electrons. The number of non-ortho nitro benzene ring substituents is 1. The van der Waals surface area contributed by atoms with Crippen LogP contribution in [0.5, 0.6) is 0 Å². The van der Waals surface area contributed by atoms with Gasteiger partial charge in [0.25, 0.3) is 5.69 Å². The Bertz CT molecular complexity index is 479. The zero-order chi connectivity index (χ0) is 12.3. The number of aliphatic hydroxyl groups excluding tert-OH is 1. The summed E-state index contributed by atoms with van der Waals surface area (Å²) < 4.78 is 22.6. The largest absolute Gasteiger partial charge is 0.395 e. The van der Waals surface area contributed by atoms with Gasteiger partial charge in [0, 0.05) is 18.4 Å². The van der Waals surface area contributed by atoms with Gasteiger partial charge >= 0.3 is 0 Å². The van der Waals surface area contributed by atoms with E-state index in [0.29, 0.717) is 5.56 Å². The molecule has 6 nitrogen and oxygen atoms in total. The summed E-state index contributed by atoms with van der Waals surface area (Å²) in [7, 11) is -3.42. The van der Waals surface area contributed by atoms with E-state index in [-0.39, 0.29) is 5.69 Å². The molecule has 1 unspecified atom stereocenters. The summed E-state index contributed by atoms with van der Waals surface area (Å²) in [4.78, 5) is 9.82. The monoisotopic (exact) mass is 245 g/mol. The molecule has 0 amide bonds. The summed E-state index contributed by atoms with van der Waals surface area (Å²) in [5.41, 5.74) is 0.226. The van der Waals surface area contributed by atoms with Gasteiger partial charge < -0.3 is 5.11 Å². The molecular formula is C9H11NO5S. The van der Waals surface area contributed by atoms with Gasteiger partial charge in [-0.3, -0.25) is 10.1 Å². The van der Waals surface area contributed by atoms with Crippen LogP contribution in [0.1, 0.15) is 10.8 Å². The lowest BCUT2D eigenvalue weighted by Crippen LogP contribution is -2.15. The van der Waals surface area contributed by atoms with Crippen LogP contribution in [-0.2, 0) is 9.84 Å². The molecule has 0 aliphatic rings. The fourth-order valence-electron chi connectivity index (χ4n) is 1.30. The fourth-order valence-corrected chi connectivity index (χ4v) is 2.22. The highest BCUT2D eigenvalue weighted by Crippen LogP contribution is 2.23. The third kappa shape index (κ3) is 2.77. The summed E-state index contributed by atoms with van der Waals surface area (Å²) in [6, 6.07) is 5.09. The van der Waals surface area contributed by atoms with Crippen molar-refractivity contribution in [3.63, 3.8) is 0 Å². The molecule has 0 aliphatic heterocycles. The first-order valence-corrected chi connectivity index (χ1v) is 6.36. The molecule has 1 aromatic rings. The van der Waals surface area contributed by atoms with Crippen LogP contribution in [0.15, 0.2) is 24.3 Å². The van der Waals surface area contributed by atoms with E-state index >= 15 is 0 Å². The van der Waals surface area contributed by atoms with Crippen LogP contribution >= 0.6 is 0 Å². The van der Waals surface area contributed by atoms with Gasteiger partial charge in [0.1, 0.15) is 5.25 Å². The predicted octanol–water partition coefficient (Wildman–Crippen LogP) is 0.673. The van der Waals surface area contributed by atoms with Gasteiger partial charge in [-0.05, 0) is 5.56 Å². The van der Waals surface area contributed by atoms with Crippen LogP contribution in [0.3, 0.4) is 0 Å². The SMILES string of the molecule is CS(=O)(=O)C(CO)c1ccc([N+](=O)[O-])cc1. The summed E-state index contributed by atoms with van der Waals surface area (Å²) in [6.45, 7) is -0.545. The average Bonchev–Trinajstić information content (AvgIpc) is 2.17. The molecule has 0 fully saturated rings. The number of nitro benzene ring substituents is 1. The van der Waals surface area contributed by atoms with E-state index in [1.807, 2.05) is 0 Å². The molecule has 0 bridgehead atoms. The number of sulfone groups is 1. The first kappa shape index (κ1) is 12.6. The van der Waals surface area contributed by atoms with E-state index in [1.54, 1.807) is 0 Å². The minimum Gasteiger partial charge on any atom is -0.395 e. The Hall–Kier alpha value is -1.47. The summed E-state index contributed by atoms with van der Waals surface area (Å²) in [6.07, 6.45) is 1.01. The number of benzene rings is 1. The van der Waals surface area contributed by atoms with E-state index in [9.17, 15) is 18.5 Å². The van der Waals surface area contributed by atoms with Gasteiger partial charge in [0.15, 0.2) is 9.84 Å². The van der Waals surface area contributed by atoms with E-state index in [4.69, 9.17) is 5.11 Å². The Balaban J connectivity index is 3.10. The quantitative estimate of drug-likeness (QED) is 0.621. The summed E-state index contributed by atoms with van der Waals surface area (Å²) in [5, 5.41) is 18.3. The van der Waals surface area contributed by atoms with Crippen molar-refractivity contribution in [3.8, 4) is 0 Å². The molecule has 1 atom stereocenters. The van der Waals surface area contributed by atoms with Crippen molar-refractivity contribution in [2.24, 2.45) is 0 Å². The zero-order valence-electron chi connectivity index (χ0n) is 8.53. The standard InChI is InChI=1S/C9H11NO5S/c1-16(14,15)9(6-11)7-2-4-8(5-3-7)10(12)13/h2-5,9,11H,6H2,1H3. The van der Waals surface area contributed by atoms with Crippen molar-refractivity contribution in [2.75, 3.05) is 12.9 Å². The number of aliphatic hydroxyl groups is 1. The van der Waals surface area contributed by atoms with Gasteiger partial charge in [-0.15, -0.1) is 0 Å². The highest BCUT2D eigenvalue weighted by Gasteiger charge is 2.22. The Morgan fingerprint density at radius 1 is 1.38 bits per heavy atom. The van der Waals surface area contributed by atoms with Crippen LogP contribution in [0.4, 0.5) is 5.69 Å². The highest BCUT2D eigenvalue weighted by molar-refractivity contribution is 7.90. The molecule has 0 saturated carbocycles. The smallest absolute Gasteiger partial charge is 0.269 e. The molecule has 0 spiro atoms. The van der Waals surface area contributed by atoms with Crippen LogP contribution < -0.4 is 0 Å². The lowest BCUT2D eigenvalue weighted by Gasteiger charge is -2.11. The van der Waals surface area contributed by atoms with Gasteiger partial charge in [0.2, 0.25) is 0 Å². The van der Waals surface area contributed by atoms with Crippen molar-refractivity contribution in [3.05, 3.63) is 39.9 Å². The topological polar surface area (TPSA) is 97.5 Å². The van der Waals surface area contributed by atoms with Crippen LogP contribution in [0.2, 0.25) is 0 Å². The van der Waals surface area contributed by atoms with Crippen molar-refractivity contribution in [2.45, 2.75) is 5.25 Å². The second kappa shape index (κ2) is 4.58. The van der Waals surface area contributed by atoms with Crippen molar-refractivity contribution in [1.29, 1.82) is 0 Å². The van der Waals surface area contributed by atoms with Gasteiger partial charge in [0.05, 0.1) is 11.5 Å². The number of hydrogen-bond donors (Lipinski definition) is 1. The molecule has 16 heavy (non-hydrogen) atoms. The highest BCUT2D eigenvalue weighted by atomic mass is 32.2. The molecule has 7 heteroatoms. The van der Waals surface area contributed by atoms with Gasteiger partial charge in [-0.2, -0.15) is 0 Å². The Morgan fingerprint density at radius 3 is 2.19 bits per heavy atom. The predicted molar refractivity (Wildman–Crippen MR) is 57.8 cm³/mol. The minimum atomic E-state index is -3.42. The van der Waals surface area contributed by atoms with Crippen molar-refractivity contribution >= 4 is 15.5 Å². The number of hydrogen-bond acceptors (Lipinski definition) is 5. The maximum Gasteiger partial charge on any atom is 0.269 e. The molecule has 0 aromatic heterocycles. The normalized spacial score (nSPS) is 13.4. The van der Waals surface area contributed by atoms with E-state index in [2.05, 4.69) is 0 Å². The van der Waals surface area contributed by atoms with Gasteiger partial charge in [-0.25, -0.2) is 8.42 Å². The molecule has 1 aromatic carbocycles. The van der Waals surface area contributed by atoms with E-state index < -0.39 is 26.6 Å². The summed E-state index contributed by atoms with van der Waals surface area (Å²) >= 11 is 0. The van der Waals surface area contributed by atoms with Gasteiger partial charge in [-0.1, -0.05) is 12.1 Å². The van der Waals surface area contributed by atoms with Crippen molar-refractivity contribution < 1.29 is 18.4 Å². The second-order valence-corrected chi connectivity index (χ2v) is 5.58. The van der Waals surface area contributed by atoms with Crippen LogP contribution in [-0.4, -0.2) is 31.3 Å². The molecular weight excluding hydrogens is 234 g/mol.